The Balaban J connectivity index is 2.33. The van der Waals surface area contributed by atoms with E-state index in [9.17, 15) is 0 Å². The fourth-order valence-corrected chi connectivity index (χ4v) is 1.54. The number of rotatable bonds is 4. The van der Waals surface area contributed by atoms with E-state index in [2.05, 4.69) is 46.1 Å². The second kappa shape index (κ2) is 5.81. The van der Waals surface area contributed by atoms with E-state index in [4.69, 9.17) is 5.26 Å². The third kappa shape index (κ3) is 4.13. The van der Waals surface area contributed by atoms with Gasteiger partial charge in [-0.15, -0.1) is 0 Å². The van der Waals surface area contributed by atoms with Crippen LogP contribution in [-0.4, -0.2) is 6.54 Å². The molecule has 13 heavy (non-hydrogen) atoms. The molecule has 0 atom stereocenters. The number of nitrogens with zero attached hydrogens (tertiary/aromatic N) is 1. The van der Waals surface area contributed by atoms with Crippen LogP contribution in [0.25, 0.3) is 0 Å². The van der Waals surface area contributed by atoms with E-state index in [0.717, 1.165) is 18.7 Å². The van der Waals surface area contributed by atoms with Crippen LogP contribution in [0.5, 0.6) is 0 Å². The SMILES string of the molecule is N#CCCCNc1cccc(I)c1. The average molecular weight is 286 g/mol. The van der Waals surface area contributed by atoms with Crippen LogP contribution in [0.15, 0.2) is 24.3 Å². The van der Waals surface area contributed by atoms with Gasteiger partial charge < -0.3 is 5.32 Å². The Morgan fingerprint density at radius 1 is 1.46 bits per heavy atom. The summed E-state index contributed by atoms with van der Waals surface area (Å²) < 4.78 is 1.22. The van der Waals surface area contributed by atoms with Crippen LogP contribution in [0, 0.1) is 14.9 Å². The monoisotopic (exact) mass is 286 g/mol. The predicted octanol–water partition coefficient (Wildman–Crippen LogP) is 3.01. The molecule has 0 spiro atoms. The van der Waals surface area contributed by atoms with Crippen molar-refractivity contribution in [3.8, 4) is 6.07 Å². The Bertz CT molecular complexity index is 304. The van der Waals surface area contributed by atoms with Gasteiger partial charge in [-0.25, -0.2) is 0 Å². The highest BCUT2D eigenvalue weighted by molar-refractivity contribution is 14.1. The molecule has 0 saturated carbocycles. The molecule has 68 valence electrons. The maximum absolute atomic E-state index is 8.33. The summed E-state index contributed by atoms with van der Waals surface area (Å²) in [7, 11) is 0. The first-order valence-electron chi connectivity index (χ1n) is 4.19. The molecule has 0 radical (unpaired) electrons. The molecule has 0 heterocycles. The maximum Gasteiger partial charge on any atom is 0.0622 e. The van der Waals surface area contributed by atoms with Crippen LogP contribution in [0.3, 0.4) is 0 Å². The number of anilines is 1. The number of hydrogen-bond acceptors (Lipinski definition) is 2. The van der Waals surface area contributed by atoms with E-state index in [1.165, 1.54) is 3.57 Å². The summed E-state index contributed by atoms with van der Waals surface area (Å²) in [6.07, 6.45) is 1.53. The van der Waals surface area contributed by atoms with E-state index < -0.39 is 0 Å². The number of hydrogen-bond donors (Lipinski definition) is 1. The number of nitriles is 1. The van der Waals surface area contributed by atoms with Crippen molar-refractivity contribution in [2.24, 2.45) is 0 Å². The van der Waals surface area contributed by atoms with E-state index in [-0.39, 0.29) is 0 Å². The maximum atomic E-state index is 8.33. The Hall–Kier alpha value is -0.760. The molecule has 0 aliphatic rings. The lowest BCUT2D eigenvalue weighted by Crippen LogP contribution is -2.00. The van der Waals surface area contributed by atoms with Gasteiger partial charge in [0.25, 0.3) is 0 Å². The molecule has 0 bridgehead atoms. The third-order valence-electron chi connectivity index (χ3n) is 1.62. The van der Waals surface area contributed by atoms with Crippen molar-refractivity contribution in [3.63, 3.8) is 0 Å². The van der Waals surface area contributed by atoms with E-state index >= 15 is 0 Å². The summed E-state index contributed by atoms with van der Waals surface area (Å²) in [5, 5.41) is 11.6. The zero-order valence-electron chi connectivity index (χ0n) is 7.26. The van der Waals surface area contributed by atoms with Crippen LogP contribution in [-0.2, 0) is 0 Å². The van der Waals surface area contributed by atoms with Gasteiger partial charge in [-0.2, -0.15) is 5.26 Å². The van der Waals surface area contributed by atoms with Gasteiger partial charge in [-0.05, 0) is 47.2 Å². The molecule has 0 unspecified atom stereocenters. The van der Waals surface area contributed by atoms with Crippen LogP contribution >= 0.6 is 22.6 Å². The highest BCUT2D eigenvalue weighted by Gasteiger charge is 1.91. The zero-order valence-corrected chi connectivity index (χ0v) is 9.41. The smallest absolute Gasteiger partial charge is 0.0622 e. The molecule has 0 aliphatic carbocycles. The molecule has 0 aliphatic heterocycles. The molecule has 0 amide bonds. The summed E-state index contributed by atoms with van der Waals surface area (Å²) >= 11 is 2.28. The Morgan fingerprint density at radius 2 is 2.31 bits per heavy atom. The predicted molar refractivity (Wildman–Crippen MR) is 62.5 cm³/mol. The first-order valence-corrected chi connectivity index (χ1v) is 5.27. The largest absolute Gasteiger partial charge is 0.385 e. The molecule has 1 N–H and O–H groups in total. The van der Waals surface area contributed by atoms with Gasteiger partial charge in [-0.3, -0.25) is 0 Å². The lowest BCUT2D eigenvalue weighted by atomic mass is 10.3. The lowest BCUT2D eigenvalue weighted by Gasteiger charge is -2.04. The molecule has 0 aromatic heterocycles. The van der Waals surface area contributed by atoms with Crippen molar-refractivity contribution < 1.29 is 0 Å². The average Bonchev–Trinajstić information content (AvgIpc) is 2.13. The van der Waals surface area contributed by atoms with Crippen molar-refractivity contribution in [3.05, 3.63) is 27.8 Å². The van der Waals surface area contributed by atoms with Crippen molar-refractivity contribution >= 4 is 28.3 Å². The van der Waals surface area contributed by atoms with Gasteiger partial charge in [0, 0.05) is 22.2 Å². The van der Waals surface area contributed by atoms with Gasteiger partial charge in [-0.1, -0.05) is 6.07 Å². The van der Waals surface area contributed by atoms with Crippen molar-refractivity contribution in [2.75, 3.05) is 11.9 Å². The minimum absolute atomic E-state index is 0.622. The van der Waals surface area contributed by atoms with Crippen molar-refractivity contribution in [2.45, 2.75) is 12.8 Å². The zero-order chi connectivity index (χ0) is 9.52. The fraction of sp³-hybridized carbons (Fsp3) is 0.300. The summed E-state index contributed by atoms with van der Waals surface area (Å²) in [6.45, 7) is 0.869. The van der Waals surface area contributed by atoms with E-state index in [1.54, 1.807) is 0 Å². The quantitative estimate of drug-likeness (QED) is 0.682. The third-order valence-corrected chi connectivity index (χ3v) is 2.29. The molecule has 1 aromatic carbocycles. The molecule has 1 rings (SSSR count). The standard InChI is InChI=1S/C10H11IN2/c11-9-4-3-5-10(8-9)13-7-2-1-6-12/h3-5,8,13H,1-2,7H2. The first-order chi connectivity index (χ1) is 6.33. The van der Waals surface area contributed by atoms with Gasteiger partial charge in [0.1, 0.15) is 0 Å². The van der Waals surface area contributed by atoms with Crippen LogP contribution in [0.2, 0.25) is 0 Å². The number of unbranched alkanes of at least 4 members (excludes halogenated alkanes) is 1. The Kier molecular flexibility index (Phi) is 4.61. The number of halogens is 1. The van der Waals surface area contributed by atoms with E-state index in [1.807, 2.05) is 12.1 Å². The topological polar surface area (TPSA) is 35.8 Å². The van der Waals surface area contributed by atoms with Gasteiger partial charge in [0.05, 0.1) is 6.07 Å². The van der Waals surface area contributed by atoms with Crippen molar-refractivity contribution in [1.82, 2.24) is 0 Å². The first kappa shape index (κ1) is 10.3. The molecule has 2 nitrogen and oxygen atoms in total. The fourth-order valence-electron chi connectivity index (χ4n) is 0.999. The van der Waals surface area contributed by atoms with Crippen molar-refractivity contribution in [1.29, 1.82) is 5.26 Å². The molecule has 1 aromatic rings. The normalized spacial score (nSPS) is 9.23. The summed E-state index contributed by atoms with van der Waals surface area (Å²) in [5.74, 6) is 0. The van der Waals surface area contributed by atoms with Crippen LogP contribution in [0.1, 0.15) is 12.8 Å². The molecular weight excluding hydrogens is 275 g/mol. The molecular formula is C10H11IN2. The summed E-state index contributed by atoms with van der Waals surface area (Å²) in [4.78, 5) is 0. The number of nitrogens with one attached hydrogen (secondary N) is 1. The second-order valence-corrected chi connectivity index (χ2v) is 3.94. The van der Waals surface area contributed by atoms with Crippen LogP contribution in [0.4, 0.5) is 5.69 Å². The Labute approximate surface area is 92.1 Å². The highest BCUT2D eigenvalue weighted by Crippen LogP contribution is 2.12. The molecule has 3 heteroatoms. The molecule has 0 fully saturated rings. The van der Waals surface area contributed by atoms with Gasteiger partial charge in [0.2, 0.25) is 0 Å². The summed E-state index contributed by atoms with van der Waals surface area (Å²) in [5.41, 5.74) is 1.13. The minimum atomic E-state index is 0.622. The van der Waals surface area contributed by atoms with Gasteiger partial charge >= 0.3 is 0 Å². The van der Waals surface area contributed by atoms with E-state index in [0.29, 0.717) is 6.42 Å². The van der Waals surface area contributed by atoms with Crippen LogP contribution < -0.4 is 5.32 Å². The summed E-state index contributed by atoms with van der Waals surface area (Å²) in [6, 6.07) is 10.3. The second-order valence-electron chi connectivity index (χ2n) is 2.70. The van der Waals surface area contributed by atoms with Gasteiger partial charge in [0.15, 0.2) is 0 Å². The lowest BCUT2D eigenvalue weighted by molar-refractivity contribution is 0.897. The number of benzene rings is 1. The molecule has 0 saturated heterocycles. The Morgan fingerprint density at radius 3 is 3.00 bits per heavy atom. The minimum Gasteiger partial charge on any atom is -0.385 e. The highest BCUT2D eigenvalue weighted by atomic mass is 127.